The van der Waals surface area contributed by atoms with Gasteiger partial charge in [-0.1, -0.05) is 25.0 Å². The smallest absolute Gasteiger partial charge is 0.230 e. The van der Waals surface area contributed by atoms with Crippen LogP contribution in [0.2, 0.25) is 0 Å². The minimum Gasteiger partial charge on any atom is -0.493 e. The van der Waals surface area contributed by atoms with Crippen LogP contribution in [0.3, 0.4) is 0 Å². The molecule has 1 aromatic heterocycles. The maximum Gasteiger partial charge on any atom is 0.230 e. The Bertz CT molecular complexity index is 770. The van der Waals surface area contributed by atoms with Crippen LogP contribution in [0.4, 0.5) is 0 Å². The van der Waals surface area contributed by atoms with E-state index in [9.17, 15) is 4.79 Å². The Labute approximate surface area is 161 Å². The molecule has 1 N–H and O–H groups in total. The summed E-state index contributed by atoms with van der Waals surface area (Å²) < 4.78 is 10.8. The lowest BCUT2D eigenvalue weighted by Gasteiger charge is -2.30. The summed E-state index contributed by atoms with van der Waals surface area (Å²) in [4.78, 5) is 17.5. The molecule has 0 spiro atoms. The number of carbonyl (C=O) groups is 1. The van der Waals surface area contributed by atoms with Crippen molar-refractivity contribution in [3.05, 3.63) is 53.9 Å². The van der Waals surface area contributed by atoms with Crippen LogP contribution in [0.15, 0.2) is 42.7 Å². The zero-order chi connectivity index (χ0) is 19.3. The SMILES string of the molecule is COc1ccc(C2(C(=O)N[C@@H](C)Cc3cccnc3)CCCC2)cc1OC. The van der Waals surface area contributed by atoms with E-state index < -0.39 is 5.41 Å². The Balaban J connectivity index is 1.80. The van der Waals surface area contributed by atoms with Crippen LogP contribution in [-0.2, 0) is 16.6 Å². The summed E-state index contributed by atoms with van der Waals surface area (Å²) >= 11 is 0. The molecular weight excluding hydrogens is 340 g/mol. The van der Waals surface area contributed by atoms with E-state index in [4.69, 9.17) is 9.47 Å². The summed E-state index contributed by atoms with van der Waals surface area (Å²) in [6.45, 7) is 2.04. The maximum atomic E-state index is 13.3. The van der Waals surface area contributed by atoms with Gasteiger partial charge in [0.15, 0.2) is 11.5 Å². The number of amides is 1. The Morgan fingerprint density at radius 1 is 1.19 bits per heavy atom. The van der Waals surface area contributed by atoms with Gasteiger partial charge >= 0.3 is 0 Å². The molecule has 1 aliphatic carbocycles. The summed E-state index contributed by atoms with van der Waals surface area (Å²) in [7, 11) is 3.24. The Morgan fingerprint density at radius 3 is 2.56 bits per heavy atom. The van der Waals surface area contributed by atoms with Crippen molar-refractivity contribution in [3.63, 3.8) is 0 Å². The van der Waals surface area contributed by atoms with Crippen molar-refractivity contribution in [2.75, 3.05) is 14.2 Å². The van der Waals surface area contributed by atoms with Crippen LogP contribution < -0.4 is 14.8 Å². The number of benzene rings is 1. The molecule has 5 heteroatoms. The number of hydrogen-bond donors (Lipinski definition) is 1. The molecule has 0 radical (unpaired) electrons. The van der Waals surface area contributed by atoms with Crippen molar-refractivity contribution in [1.29, 1.82) is 0 Å². The molecule has 1 heterocycles. The summed E-state index contributed by atoms with van der Waals surface area (Å²) in [6, 6.07) is 9.84. The third kappa shape index (κ3) is 4.07. The average molecular weight is 368 g/mol. The van der Waals surface area contributed by atoms with Crippen molar-refractivity contribution in [3.8, 4) is 11.5 Å². The van der Waals surface area contributed by atoms with Gasteiger partial charge in [0.25, 0.3) is 0 Å². The first kappa shape index (κ1) is 19.2. The standard InChI is InChI=1S/C22H28N2O3/c1-16(13-17-7-6-12-23-15-17)24-21(25)22(10-4-5-11-22)18-8-9-19(26-2)20(14-18)27-3/h6-9,12,14-16H,4-5,10-11,13H2,1-3H3,(H,24,25)/t16-/m0/s1. The van der Waals surface area contributed by atoms with Crippen molar-refractivity contribution in [2.45, 2.75) is 50.5 Å². The number of ether oxygens (including phenoxy) is 2. The highest BCUT2D eigenvalue weighted by Gasteiger charge is 2.43. The number of rotatable bonds is 7. The predicted octanol–water partition coefficient (Wildman–Crippen LogP) is 3.66. The minimum atomic E-state index is -0.497. The number of hydrogen-bond acceptors (Lipinski definition) is 4. The number of nitrogens with one attached hydrogen (secondary N) is 1. The van der Waals surface area contributed by atoms with Crippen molar-refractivity contribution >= 4 is 5.91 Å². The summed E-state index contributed by atoms with van der Waals surface area (Å²) in [5.41, 5.74) is 1.63. The first-order chi connectivity index (χ1) is 13.1. The molecule has 144 valence electrons. The van der Waals surface area contributed by atoms with E-state index in [0.717, 1.165) is 43.2 Å². The molecule has 1 saturated carbocycles. The lowest BCUT2D eigenvalue weighted by atomic mass is 9.77. The number of pyridine rings is 1. The van der Waals surface area contributed by atoms with Crippen LogP contribution in [0.1, 0.15) is 43.7 Å². The fourth-order valence-electron chi connectivity index (χ4n) is 4.04. The molecule has 1 aliphatic rings. The molecule has 0 saturated heterocycles. The molecule has 1 aromatic carbocycles. The third-order valence-electron chi connectivity index (χ3n) is 5.47. The first-order valence-corrected chi connectivity index (χ1v) is 9.51. The topological polar surface area (TPSA) is 60.5 Å². The van der Waals surface area contributed by atoms with Crippen molar-refractivity contribution < 1.29 is 14.3 Å². The largest absolute Gasteiger partial charge is 0.493 e. The zero-order valence-corrected chi connectivity index (χ0v) is 16.3. The molecule has 1 amide bonds. The van der Waals surface area contributed by atoms with Gasteiger partial charge in [0.1, 0.15) is 0 Å². The highest BCUT2D eigenvalue weighted by atomic mass is 16.5. The molecule has 2 aromatic rings. The second-order valence-corrected chi connectivity index (χ2v) is 7.30. The fraction of sp³-hybridized carbons (Fsp3) is 0.455. The predicted molar refractivity (Wildman–Crippen MR) is 105 cm³/mol. The molecular formula is C22H28N2O3. The van der Waals surface area contributed by atoms with E-state index in [1.54, 1.807) is 20.4 Å². The quantitative estimate of drug-likeness (QED) is 0.810. The summed E-state index contributed by atoms with van der Waals surface area (Å²) in [5, 5.41) is 3.24. The van der Waals surface area contributed by atoms with Crippen LogP contribution in [-0.4, -0.2) is 31.2 Å². The molecule has 1 fully saturated rings. The lowest BCUT2D eigenvalue weighted by molar-refractivity contribution is -0.127. The van der Waals surface area contributed by atoms with Gasteiger partial charge in [0, 0.05) is 18.4 Å². The number of nitrogens with zero attached hydrogens (tertiary/aromatic N) is 1. The second kappa shape index (κ2) is 8.42. The molecule has 27 heavy (non-hydrogen) atoms. The fourth-order valence-corrected chi connectivity index (χ4v) is 4.04. The maximum absolute atomic E-state index is 13.3. The van der Waals surface area contributed by atoms with Gasteiger partial charge in [0.2, 0.25) is 5.91 Å². The zero-order valence-electron chi connectivity index (χ0n) is 16.3. The third-order valence-corrected chi connectivity index (χ3v) is 5.47. The molecule has 0 aliphatic heterocycles. The van der Waals surface area contributed by atoms with Gasteiger partial charge < -0.3 is 14.8 Å². The summed E-state index contributed by atoms with van der Waals surface area (Å²) in [5.74, 6) is 1.45. The van der Waals surface area contributed by atoms with Crippen LogP contribution in [0.25, 0.3) is 0 Å². The molecule has 3 rings (SSSR count). The van der Waals surface area contributed by atoms with E-state index >= 15 is 0 Å². The number of aromatic nitrogens is 1. The molecule has 5 nitrogen and oxygen atoms in total. The van der Waals surface area contributed by atoms with Gasteiger partial charge in [-0.15, -0.1) is 0 Å². The van der Waals surface area contributed by atoms with E-state index in [0.29, 0.717) is 11.5 Å². The van der Waals surface area contributed by atoms with E-state index in [2.05, 4.69) is 10.3 Å². The minimum absolute atomic E-state index is 0.0410. The second-order valence-electron chi connectivity index (χ2n) is 7.30. The van der Waals surface area contributed by atoms with Crippen molar-refractivity contribution in [1.82, 2.24) is 10.3 Å². The van der Waals surface area contributed by atoms with Crippen LogP contribution in [0.5, 0.6) is 11.5 Å². The van der Waals surface area contributed by atoms with Crippen LogP contribution in [0, 0.1) is 0 Å². The normalized spacial score (nSPS) is 16.6. The molecule has 0 unspecified atom stereocenters. The number of carbonyl (C=O) groups excluding carboxylic acids is 1. The van der Waals surface area contributed by atoms with Gasteiger partial charge in [-0.25, -0.2) is 0 Å². The van der Waals surface area contributed by atoms with Gasteiger partial charge in [-0.2, -0.15) is 0 Å². The highest BCUT2D eigenvalue weighted by Crippen LogP contribution is 2.44. The Kier molecular flexibility index (Phi) is 5.99. The Morgan fingerprint density at radius 2 is 1.93 bits per heavy atom. The van der Waals surface area contributed by atoms with E-state index in [-0.39, 0.29) is 11.9 Å². The van der Waals surface area contributed by atoms with Gasteiger partial charge in [-0.3, -0.25) is 9.78 Å². The van der Waals surface area contributed by atoms with E-state index in [1.807, 2.05) is 43.5 Å². The Hall–Kier alpha value is -2.56. The van der Waals surface area contributed by atoms with E-state index in [1.165, 1.54) is 0 Å². The molecule has 0 bridgehead atoms. The first-order valence-electron chi connectivity index (χ1n) is 9.51. The monoisotopic (exact) mass is 368 g/mol. The van der Waals surface area contributed by atoms with Crippen LogP contribution >= 0.6 is 0 Å². The van der Waals surface area contributed by atoms with Crippen molar-refractivity contribution in [2.24, 2.45) is 0 Å². The number of methoxy groups -OCH3 is 2. The summed E-state index contributed by atoms with van der Waals surface area (Å²) in [6.07, 6.45) is 8.20. The van der Waals surface area contributed by atoms with Gasteiger partial charge in [-0.05, 0) is 55.5 Å². The highest BCUT2D eigenvalue weighted by molar-refractivity contribution is 5.89. The molecule has 1 atom stereocenters. The lowest BCUT2D eigenvalue weighted by Crippen LogP contribution is -2.46. The van der Waals surface area contributed by atoms with Gasteiger partial charge in [0.05, 0.1) is 19.6 Å². The average Bonchev–Trinajstić information content (AvgIpc) is 3.19.